The molecule has 9 heteroatoms. The molecule has 148 valence electrons. The molecule has 2 aliphatic rings. The molecule has 4 heterocycles. The Morgan fingerprint density at radius 2 is 1.96 bits per heavy atom. The average Bonchev–Trinajstić information content (AvgIpc) is 3.16. The maximum Gasteiger partial charge on any atom is 0.257 e. The van der Waals surface area contributed by atoms with E-state index in [1.54, 1.807) is 23.7 Å². The Balaban J connectivity index is 1.60. The fourth-order valence-corrected chi connectivity index (χ4v) is 5.14. The molecule has 0 atom stereocenters. The smallest absolute Gasteiger partial charge is 0.257 e. The van der Waals surface area contributed by atoms with Crippen LogP contribution in [0.4, 0.5) is 5.00 Å². The van der Waals surface area contributed by atoms with E-state index in [9.17, 15) is 14.4 Å². The van der Waals surface area contributed by atoms with Gasteiger partial charge in [0.15, 0.2) is 0 Å². The second kappa shape index (κ2) is 6.73. The minimum absolute atomic E-state index is 0.00770. The predicted molar refractivity (Wildman–Crippen MR) is 106 cm³/mol. The van der Waals surface area contributed by atoms with Gasteiger partial charge >= 0.3 is 0 Å². The first-order chi connectivity index (χ1) is 13.3. The molecule has 2 aromatic rings. The molecule has 0 aliphatic carbocycles. The molecule has 0 saturated carbocycles. The molecule has 3 amide bonds. The van der Waals surface area contributed by atoms with Crippen LogP contribution in [-0.2, 0) is 29.1 Å². The zero-order chi connectivity index (χ0) is 20.2. The summed E-state index contributed by atoms with van der Waals surface area (Å²) in [4.78, 5) is 43.8. The van der Waals surface area contributed by atoms with Crippen LogP contribution >= 0.6 is 11.3 Å². The Morgan fingerprint density at radius 3 is 2.64 bits per heavy atom. The van der Waals surface area contributed by atoms with E-state index in [-0.39, 0.29) is 30.8 Å². The van der Waals surface area contributed by atoms with Gasteiger partial charge in [0.05, 0.1) is 17.8 Å². The number of carbonyl (C=O) groups excluding carboxylic acids is 3. The average molecular weight is 401 g/mol. The topological polar surface area (TPSA) is 78.8 Å². The van der Waals surface area contributed by atoms with Crippen molar-refractivity contribution >= 4 is 34.1 Å². The molecule has 0 spiro atoms. The number of amides is 3. The lowest BCUT2D eigenvalue weighted by atomic mass is 10.0. The van der Waals surface area contributed by atoms with E-state index in [0.717, 1.165) is 21.8 Å². The van der Waals surface area contributed by atoms with Gasteiger partial charge in [-0.05, 0) is 31.9 Å². The first-order valence-corrected chi connectivity index (χ1v) is 10.0. The third kappa shape index (κ3) is 2.99. The molecule has 0 aromatic carbocycles. The molecule has 8 nitrogen and oxygen atoms in total. The number of aryl methyl sites for hydroxylation is 2. The number of aromatic nitrogens is 2. The number of likely N-dealkylation sites (N-methyl/N-ethyl adjacent to an activating group) is 2. The van der Waals surface area contributed by atoms with Crippen LogP contribution in [-0.4, -0.2) is 64.5 Å². The maximum atomic E-state index is 12.8. The lowest BCUT2D eigenvalue weighted by Crippen LogP contribution is -2.38. The van der Waals surface area contributed by atoms with Gasteiger partial charge in [0.1, 0.15) is 18.1 Å². The van der Waals surface area contributed by atoms with Gasteiger partial charge in [0, 0.05) is 31.2 Å². The lowest BCUT2D eigenvalue weighted by Gasteiger charge is -2.27. The Morgan fingerprint density at radius 1 is 1.21 bits per heavy atom. The van der Waals surface area contributed by atoms with Crippen molar-refractivity contribution in [2.24, 2.45) is 0 Å². The van der Waals surface area contributed by atoms with E-state index < -0.39 is 0 Å². The summed E-state index contributed by atoms with van der Waals surface area (Å²) in [5, 5.41) is 5.06. The summed E-state index contributed by atoms with van der Waals surface area (Å²) in [6.45, 7) is 5.16. The summed E-state index contributed by atoms with van der Waals surface area (Å²) in [5.41, 5.74) is 3.46. The SMILES string of the molecule is Cc1cc(C)n(CC(=O)N2CCc3c(sc4c3C(=O)N(C)CC(=O)N4C)C2)n1. The van der Waals surface area contributed by atoms with Crippen molar-refractivity contribution in [3.8, 4) is 0 Å². The minimum Gasteiger partial charge on any atom is -0.336 e. The summed E-state index contributed by atoms with van der Waals surface area (Å²) in [6, 6.07) is 1.95. The van der Waals surface area contributed by atoms with E-state index in [2.05, 4.69) is 5.10 Å². The van der Waals surface area contributed by atoms with E-state index in [0.29, 0.717) is 30.1 Å². The van der Waals surface area contributed by atoms with Crippen LogP contribution in [0.2, 0.25) is 0 Å². The summed E-state index contributed by atoms with van der Waals surface area (Å²) in [6.07, 6.45) is 0.617. The van der Waals surface area contributed by atoms with Gasteiger partial charge in [0.2, 0.25) is 11.8 Å². The quantitative estimate of drug-likeness (QED) is 0.757. The normalized spacial score (nSPS) is 16.9. The molecule has 0 bridgehead atoms. The second-order valence-corrected chi connectivity index (χ2v) is 8.53. The van der Waals surface area contributed by atoms with Crippen molar-refractivity contribution in [2.75, 3.05) is 32.1 Å². The fourth-order valence-electron chi connectivity index (χ4n) is 3.81. The lowest BCUT2D eigenvalue weighted by molar-refractivity contribution is -0.133. The largest absolute Gasteiger partial charge is 0.336 e. The van der Waals surface area contributed by atoms with Gasteiger partial charge in [-0.25, -0.2) is 0 Å². The minimum atomic E-state index is -0.118. The van der Waals surface area contributed by atoms with Gasteiger partial charge in [0.25, 0.3) is 5.91 Å². The first-order valence-electron chi connectivity index (χ1n) is 9.21. The molecule has 0 saturated heterocycles. The monoisotopic (exact) mass is 401 g/mol. The first kappa shape index (κ1) is 18.7. The molecule has 0 radical (unpaired) electrons. The Hall–Kier alpha value is -2.68. The number of thiophene rings is 1. The Bertz CT molecular complexity index is 992. The van der Waals surface area contributed by atoms with Crippen LogP contribution in [0, 0.1) is 13.8 Å². The second-order valence-electron chi connectivity index (χ2n) is 7.45. The van der Waals surface area contributed by atoms with Crippen molar-refractivity contribution < 1.29 is 14.4 Å². The number of nitrogens with zero attached hydrogens (tertiary/aromatic N) is 5. The van der Waals surface area contributed by atoms with E-state index in [4.69, 9.17) is 0 Å². The van der Waals surface area contributed by atoms with Crippen LogP contribution in [0.25, 0.3) is 0 Å². The van der Waals surface area contributed by atoms with Crippen LogP contribution in [0.1, 0.15) is 32.2 Å². The van der Waals surface area contributed by atoms with Crippen molar-refractivity contribution in [3.05, 3.63) is 33.5 Å². The highest BCUT2D eigenvalue weighted by Crippen LogP contribution is 2.40. The van der Waals surface area contributed by atoms with Gasteiger partial charge < -0.3 is 14.7 Å². The zero-order valence-corrected chi connectivity index (χ0v) is 17.3. The van der Waals surface area contributed by atoms with Gasteiger partial charge in [-0.15, -0.1) is 11.3 Å². The Labute approximate surface area is 167 Å². The number of carbonyl (C=O) groups is 3. The van der Waals surface area contributed by atoms with Crippen LogP contribution in [0.3, 0.4) is 0 Å². The van der Waals surface area contributed by atoms with Gasteiger partial charge in [-0.2, -0.15) is 5.10 Å². The van der Waals surface area contributed by atoms with Crippen molar-refractivity contribution in [2.45, 2.75) is 33.4 Å². The van der Waals surface area contributed by atoms with Crippen molar-refractivity contribution in [1.29, 1.82) is 0 Å². The zero-order valence-electron chi connectivity index (χ0n) is 16.5. The molecule has 2 aromatic heterocycles. The maximum absolute atomic E-state index is 12.8. The number of hydrogen-bond acceptors (Lipinski definition) is 5. The number of anilines is 1. The molecular weight excluding hydrogens is 378 g/mol. The van der Waals surface area contributed by atoms with Crippen molar-refractivity contribution in [3.63, 3.8) is 0 Å². The third-order valence-corrected chi connectivity index (χ3v) is 6.68. The molecule has 0 fully saturated rings. The van der Waals surface area contributed by atoms with E-state index in [1.807, 2.05) is 24.8 Å². The standard InChI is InChI=1S/C19H23N5O3S/c1-11-7-12(2)24(20-11)10-16(26)23-6-5-13-14(8-23)28-19-17(13)18(27)21(3)9-15(25)22(19)4/h7H,5-6,8-10H2,1-4H3. The highest BCUT2D eigenvalue weighted by molar-refractivity contribution is 7.17. The summed E-state index contributed by atoms with van der Waals surface area (Å²) >= 11 is 1.44. The molecular formula is C19H23N5O3S. The highest BCUT2D eigenvalue weighted by atomic mass is 32.1. The van der Waals surface area contributed by atoms with Crippen LogP contribution in [0.5, 0.6) is 0 Å². The summed E-state index contributed by atoms with van der Waals surface area (Å²) in [7, 11) is 3.36. The summed E-state index contributed by atoms with van der Waals surface area (Å²) in [5.74, 6) is -0.216. The van der Waals surface area contributed by atoms with E-state index >= 15 is 0 Å². The number of rotatable bonds is 2. The Kier molecular flexibility index (Phi) is 4.49. The molecule has 0 unspecified atom stereocenters. The predicted octanol–water partition coefficient (Wildman–Crippen LogP) is 1.19. The summed E-state index contributed by atoms with van der Waals surface area (Å²) < 4.78 is 1.72. The van der Waals surface area contributed by atoms with Crippen molar-refractivity contribution in [1.82, 2.24) is 19.6 Å². The third-order valence-electron chi connectivity index (χ3n) is 5.39. The van der Waals surface area contributed by atoms with Crippen LogP contribution < -0.4 is 4.90 Å². The number of hydrogen-bond donors (Lipinski definition) is 0. The number of fused-ring (bicyclic) bond motifs is 3. The van der Waals surface area contributed by atoms with E-state index in [1.165, 1.54) is 16.2 Å². The molecule has 2 aliphatic heterocycles. The molecule has 0 N–H and O–H groups in total. The molecule has 28 heavy (non-hydrogen) atoms. The van der Waals surface area contributed by atoms with Crippen LogP contribution in [0.15, 0.2) is 6.07 Å². The highest BCUT2D eigenvalue weighted by Gasteiger charge is 2.36. The van der Waals surface area contributed by atoms with Gasteiger partial charge in [-0.3, -0.25) is 19.1 Å². The fraction of sp³-hybridized carbons (Fsp3) is 0.474. The molecule has 4 rings (SSSR count). The van der Waals surface area contributed by atoms with Gasteiger partial charge in [-0.1, -0.05) is 0 Å².